The molecule has 108 valence electrons. The van der Waals surface area contributed by atoms with E-state index in [1.165, 1.54) is 16.3 Å². The Hall–Kier alpha value is -2.48. The Morgan fingerprint density at radius 3 is 2.73 bits per heavy atom. The third-order valence-corrected chi connectivity index (χ3v) is 4.51. The lowest BCUT2D eigenvalue weighted by atomic mass is 10.0. The maximum Gasteiger partial charge on any atom is 0.140 e. The van der Waals surface area contributed by atoms with E-state index in [2.05, 4.69) is 41.4 Å². The molecule has 0 radical (unpaired) electrons. The topological polar surface area (TPSA) is 30.0 Å². The van der Waals surface area contributed by atoms with Gasteiger partial charge in [-0.05, 0) is 40.3 Å². The summed E-state index contributed by atoms with van der Waals surface area (Å²) in [5.74, 6) is 0.904. The van der Waals surface area contributed by atoms with Crippen molar-refractivity contribution < 1.29 is 4.79 Å². The number of carbonyl (C=O) groups is 1. The molecule has 0 N–H and O–H groups in total. The Kier molecular flexibility index (Phi) is 3.23. The number of carbonyl (C=O) groups excluding carboxylic acids is 1. The Labute approximate surface area is 129 Å². The zero-order valence-electron chi connectivity index (χ0n) is 12.3. The van der Waals surface area contributed by atoms with Gasteiger partial charge >= 0.3 is 0 Å². The standard InChI is InChI=1S/C20H17NO/c22-20(19-12-18(19)17-6-3-9-21-13-17)11-14-7-8-15-4-1-2-5-16(15)10-14/h1-10,13,18-19H,11-12H2. The average Bonchev–Trinajstić information content (AvgIpc) is 3.36. The lowest BCUT2D eigenvalue weighted by Crippen LogP contribution is -2.06. The minimum atomic E-state index is 0.177. The normalized spacial score (nSPS) is 20.0. The van der Waals surface area contributed by atoms with E-state index >= 15 is 0 Å². The molecule has 0 aliphatic heterocycles. The first kappa shape index (κ1) is 13.2. The fourth-order valence-electron chi connectivity index (χ4n) is 3.20. The van der Waals surface area contributed by atoms with Gasteiger partial charge in [-0.2, -0.15) is 0 Å². The molecule has 0 amide bonds. The molecule has 4 rings (SSSR count). The molecule has 22 heavy (non-hydrogen) atoms. The van der Waals surface area contributed by atoms with Crippen LogP contribution < -0.4 is 0 Å². The summed E-state index contributed by atoms with van der Waals surface area (Å²) in [6, 6.07) is 18.6. The first-order chi connectivity index (χ1) is 10.8. The second kappa shape index (κ2) is 5.38. The summed E-state index contributed by atoms with van der Waals surface area (Å²) >= 11 is 0. The molecule has 2 atom stereocenters. The van der Waals surface area contributed by atoms with Crippen molar-refractivity contribution in [3.05, 3.63) is 78.1 Å². The SMILES string of the molecule is O=C(Cc1ccc2ccccc2c1)C1CC1c1cccnc1. The maximum absolute atomic E-state index is 12.5. The van der Waals surface area contributed by atoms with Crippen LogP contribution in [0, 0.1) is 5.92 Å². The van der Waals surface area contributed by atoms with E-state index in [0.717, 1.165) is 12.0 Å². The number of fused-ring (bicyclic) bond motifs is 1. The molecule has 0 bridgehead atoms. The Morgan fingerprint density at radius 1 is 1.05 bits per heavy atom. The molecule has 1 aliphatic carbocycles. The highest BCUT2D eigenvalue weighted by Crippen LogP contribution is 2.48. The van der Waals surface area contributed by atoms with Crippen molar-refractivity contribution in [2.75, 3.05) is 0 Å². The molecule has 2 unspecified atom stereocenters. The van der Waals surface area contributed by atoms with Gasteiger partial charge in [-0.1, -0.05) is 48.5 Å². The van der Waals surface area contributed by atoms with Crippen molar-refractivity contribution in [1.29, 1.82) is 0 Å². The van der Waals surface area contributed by atoms with E-state index in [1.807, 2.05) is 24.4 Å². The molecule has 0 spiro atoms. The molecule has 0 saturated heterocycles. The fraction of sp³-hybridized carbons (Fsp3) is 0.200. The van der Waals surface area contributed by atoms with Crippen LogP contribution in [0.1, 0.15) is 23.5 Å². The van der Waals surface area contributed by atoms with Gasteiger partial charge in [-0.15, -0.1) is 0 Å². The van der Waals surface area contributed by atoms with Crippen LogP contribution in [0.25, 0.3) is 10.8 Å². The molecule has 3 aromatic rings. The van der Waals surface area contributed by atoms with Gasteiger partial charge in [0.2, 0.25) is 0 Å². The summed E-state index contributed by atoms with van der Waals surface area (Å²) in [5, 5.41) is 2.42. The molecule has 1 heterocycles. The van der Waals surface area contributed by atoms with Crippen LogP contribution >= 0.6 is 0 Å². The highest BCUT2D eigenvalue weighted by molar-refractivity contribution is 5.89. The van der Waals surface area contributed by atoms with Gasteiger partial charge in [0.15, 0.2) is 0 Å². The summed E-state index contributed by atoms with van der Waals surface area (Å²) in [7, 11) is 0. The number of ketones is 1. The number of benzene rings is 2. The fourth-order valence-corrected chi connectivity index (χ4v) is 3.20. The number of rotatable bonds is 4. The first-order valence-corrected chi connectivity index (χ1v) is 7.71. The third kappa shape index (κ3) is 2.52. The summed E-state index contributed by atoms with van der Waals surface area (Å²) in [5.41, 5.74) is 2.31. The van der Waals surface area contributed by atoms with E-state index in [1.54, 1.807) is 6.20 Å². The van der Waals surface area contributed by atoms with Crippen LogP contribution in [0.15, 0.2) is 67.0 Å². The molecular formula is C20H17NO. The molecule has 2 nitrogen and oxygen atoms in total. The van der Waals surface area contributed by atoms with E-state index in [-0.39, 0.29) is 5.92 Å². The van der Waals surface area contributed by atoms with Gasteiger partial charge < -0.3 is 0 Å². The quantitative estimate of drug-likeness (QED) is 0.721. The second-order valence-corrected chi connectivity index (χ2v) is 6.06. The smallest absolute Gasteiger partial charge is 0.140 e. The highest BCUT2D eigenvalue weighted by Gasteiger charge is 2.43. The molecule has 1 saturated carbocycles. The summed E-state index contributed by atoms with van der Waals surface area (Å²) in [6.45, 7) is 0. The zero-order chi connectivity index (χ0) is 14.9. The van der Waals surface area contributed by atoms with Gasteiger partial charge in [-0.25, -0.2) is 0 Å². The monoisotopic (exact) mass is 287 g/mol. The number of pyridine rings is 1. The Balaban J connectivity index is 1.48. The van der Waals surface area contributed by atoms with Crippen molar-refractivity contribution in [1.82, 2.24) is 4.98 Å². The average molecular weight is 287 g/mol. The van der Waals surface area contributed by atoms with Crippen LogP contribution in [-0.4, -0.2) is 10.8 Å². The number of hydrogen-bond acceptors (Lipinski definition) is 2. The minimum Gasteiger partial charge on any atom is -0.299 e. The summed E-state index contributed by atoms with van der Waals surface area (Å²) < 4.78 is 0. The number of nitrogens with zero attached hydrogens (tertiary/aromatic N) is 1. The molecule has 2 aromatic carbocycles. The van der Waals surface area contributed by atoms with Crippen LogP contribution in [0.5, 0.6) is 0 Å². The number of Topliss-reactive ketones (excluding diaryl/α,β-unsaturated/α-hetero) is 1. The molecule has 1 aromatic heterocycles. The van der Waals surface area contributed by atoms with Crippen LogP contribution in [0.4, 0.5) is 0 Å². The molecule has 1 fully saturated rings. The molecular weight excluding hydrogens is 270 g/mol. The van der Waals surface area contributed by atoms with Gasteiger partial charge in [0.25, 0.3) is 0 Å². The third-order valence-electron chi connectivity index (χ3n) is 4.51. The van der Waals surface area contributed by atoms with Crippen LogP contribution in [-0.2, 0) is 11.2 Å². The van der Waals surface area contributed by atoms with Gasteiger partial charge in [0.05, 0.1) is 0 Å². The van der Waals surface area contributed by atoms with Crippen LogP contribution in [0.2, 0.25) is 0 Å². The van der Waals surface area contributed by atoms with E-state index < -0.39 is 0 Å². The van der Waals surface area contributed by atoms with Crippen molar-refractivity contribution >= 4 is 16.6 Å². The van der Waals surface area contributed by atoms with E-state index in [0.29, 0.717) is 18.1 Å². The second-order valence-electron chi connectivity index (χ2n) is 6.06. The Morgan fingerprint density at radius 2 is 1.91 bits per heavy atom. The zero-order valence-corrected chi connectivity index (χ0v) is 12.3. The minimum absolute atomic E-state index is 0.177. The lowest BCUT2D eigenvalue weighted by molar-refractivity contribution is -0.119. The Bertz CT molecular complexity index is 825. The number of hydrogen-bond donors (Lipinski definition) is 0. The summed E-state index contributed by atoms with van der Waals surface area (Å²) in [4.78, 5) is 16.6. The van der Waals surface area contributed by atoms with Crippen molar-refractivity contribution in [2.24, 2.45) is 5.92 Å². The van der Waals surface area contributed by atoms with Gasteiger partial charge in [-0.3, -0.25) is 9.78 Å². The predicted molar refractivity (Wildman–Crippen MR) is 87.7 cm³/mol. The first-order valence-electron chi connectivity index (χ1n) is 7.71. The van der Waals surface area contributed by atoms with Crippen molar-refractivity contribution in [3.63, 3.8) is 0 Å². The predicted octanol–water partition coefficient (Wildman–Crippen LogP) is 4.15. The van der Waals surface area contributed by atoms with Gasteiger partial charge in [0.1, 0.15) is 5.78 Å². The van der Waals surface area contributed by atoms with E-state index in [4.69, 9.17) is 0 Å². The maximum atomic E-state index is 12.5. The molecule has 2 heteroatoms. The lowest BCUT2D eigenvalue weighted by Gasteiger charge is -2.04. The van der Waals surface area contributed by atoms with Crippen molar-refractivity contribution in [3.8, 4) is 0 Å². The largest absolute Gasteiger partial charge is 0.299 e. The van der Waals surface area contributed by atoms with Crippen molar-refractivity contribution in [2.45, 2.75) is 18.8 Å². The highest BCUT2D eigenvalue weighted by atomic mass is 16.1. The summed E-state index contributed by atoms with van der Waals surface area (Å²) in [6.07, 6.45) is 5.16. The van der Waals surface area contributed by atoms with Crippen LogP contribution in [0.3, 0.4) is 0 Å². The van der Waals surface area contributed by atoms with E-state index in [9.17, 15) is 4.79 Å². The van der Waals surface area contributed by atoms with Gasteiger partial charge in [0, 0.05) is 24.7 Å². The molecule has 1 aliphatic rings. The number of aromatic nitrogens is 1.